The van der Waals surface area contributed by atoms with Gasteiger partial charge in [-0.15, -0.1) is 24.0 Å². The van der Waals surface area contributed by atoms with Gasteiger partial charge in [-0.25, -0.2) is 4.98 Å². The van der Waals surface area contributed by atoms with Gasteiger partial charge in [-0.2, -0.15) is 16.9 Å². The van der Waals surface area contributed by atoms with E-state index in [9.17, 15) is 0 Å². The van der Waals surface area contributed by atoms with Gasteiger partial charge >= 0.3 is 0 Å². The predicted octanol–water partition coefficient (Wildman–Crippen LogP) is 3.05. The molecule has 0 saturated carbocycles. The summed E-state index contributed by atoms with van der Waals surface area (Å²) in [7, 11) is 3.43. The molecule has 27 heavy (non-hydrogen) atoms. The molecular weight excluding hydrogens is 475 g/mol. The molecule has 1 aliphatic heterocycles. The number of nitrogens with zero attached hydrogens (tertiary/aromatic N) is 3. The Kier molecular flexibility index (Phi) is 8.21. The van der Waals surface area contributed by atoms with Crippen LogP contribution in [0.25, 0.3) is 11.4 Å². The number of aromatic nitrogens is 3. The molecule has 0 bridgehead atoms. The molecule has 148 valence electrons. The maximum atomic E-state index is 5.17. The summed E-state index contributed by atoms with van der Waals surface area (Å²) in [4.78, 5) is 8.83. The zero-order valence-corrected chi connectivity index (χ0v) is 19.1. The molecule has 2 heterocycles. The smallest absolute Gasteiger partial charge is 0.191 e. The molecule has 0 amide bonds. The second kappa shape index (κ2) is 10.2. The molecule has 1 aliphatic rings. The molecule has 1 aromatic carbocycles. The van der Waals surface area contributed by atoms with Crippen molar-refractivity contribution in [3.63, 3.8) is 0 Å². The predicted molar refractivity (Wildman–Crippen MR) is 122 cm³/mol. The lowest BCUT2D eigenvalue weighted by molar-refractivity contribution is 0.415. The fraction of sp³-hybridized carbons (Fsp3) is 0.500. The molecule has 0 spiro atoms. The summed E-state index contributed by atoms with van der Waals surface area (Å²) < 4.78 is 5.47. The molecule has 7 nitrogen and oxygen atoms in total. The van der Waals surface area contributed by atoms with Crippen molar-refractivity contribution in [2.45, 2.75) is 31.1 Å². The first-order valence-electron chi connectivity index (χ1n) is 8.76. The first-order chi connectivity index (χ1) is 12.6. The fourth-order valence-corrected chi connectivity index (χ4v) is 4.12. The third-order valence-corrected chi connectivity index (χ3v) is 6.00. The average molecular weight is 502 g/mol. The Morgan fingerprint density at radius 1 is 1.33 bits per heavy atom. The lowest BCUT2D eigenvalue weighted by Crippen LogP contribution is -2.43. The summed E-state index contributed by atoms with van der Waals surface area (Å²) in [6, 6.07) is 7.69. The zero-order valence-electron chi connectivity index (χ0n) is 15.9. The number of guanidine groups is 1. The Morgan fingerprint density at radius 3 is 2.74 bits per heavy atom. The number of benzene rings is 1. The standard InChI is InChI=1S/C18H26N6OS.HI/c1-18(9-4-10-26-18)12-21-17(19-2)20-11-15-22-16(24-23-15)13-5-7-14(25-3)8-6-13;/h5-8H,4,9-12H2,1-3H3,(H2,19,20,21)(H,22,23,24);1H. The number of hydrogen-bond donors (Lipinski definition) is 3. The summed E-state index contributed by atoms with van der Waals surface area (Å²) in [5.74, 6) is 4.27. The number of aromatic amines is 1. The normalized spacial score (nSPS) is 19.4. The first-order valence-corrected chi connectivity index (χ1v) is 9.75. The summed E-state index contributed by atoms with van der Waals surface area (Å²) in [6.07, 6.45) is 2.54. The van der Waals surface area contributed by atoms with E-state index in [1.807, 2.05) is 36.0 Å². The van der Waals surface area contributed by atoms with Crippen LogP contribution in [-0.4, -0.2) is 52.3 Å². The SMILES string of the molecule is CN=C(NCc1nc(-c2ccc(OC)cc2)n[nH]1)NCC1(C)CCCS1.I. The van der Waals surface area contributed by atoms with Crippen LogP contribution < -0.4 is 15.4 Å². The highest BCUT2D eigenvalue weighted by molar-refractivity contribution is 14.0. The van der Waals surface area contributed by atoms with Crippen molar-refractivity contribution in [2.75, 3.05) is 26.5 Å². The number of halogens is 1. The molecule has 0 radical (unpaired) electrons. The van der Waals surface area contributed by atoms with Gasteiger partial charge in [0.2, 0.25) is 0 Å². The van der Waals surface area contributed by atoms with Crippen LogP contribution in [0.3, 0.4) is 0 Å². The van der Waals surface area contributed by atoms with E-state index in [1.54, 1.807) is 14.2 Å². The highest BCUT2D eigenvalue weighted by Crippen LogP contribution is 2.36. The highest BCUT2D eigenvalue weighted by Gasteiger charge is 2.29. The van der Waals surface area contributed by atoms with E-state index in [2.05, 4.69) is 37.7 Å². The van der Waals surface area contributed by atoms with Gasteiger partial charge in [-0.3, -0.25) is 10.1 Å². The van der Waals surface area contributed by atoms with Crippen LogP contribution >= 0.6 is 35.7 Å². The van der Waals surface area contributed by atoms with E-state index < -0.39 is 0 Å². The number of methoxy groups -OCH3 is 1. The van der Waals surface area contributed by atoms with Gasteiger partial charge in [0.05, 0.1) is 13.7 Å². The van der Waals surface area contributed by atoms with Crippen LogP contribution in [0, 0.1) is 0 Å². The summed E-state index contributed by atoms with van der Waals surface area (Å²) in [5, 5.41) is 14.0. The van der Waals surface area contributed by atoms with Gasteiger partial charge in [-0.1, -0.05) is 0 Å². The average Bonchev–Trinajstić information content (AvgIpc) is 3.32. The first kappa shape index (κ1) is 21.8. The Hall–Kier alpha value is -1.49. The number of hydrogen-bond acceptors (Lipinski definition) is 5. The number of rotatable bonds is 6. The second-order valence-corrected chi connectivity index (χ2v) is 8.20. The summed E-state index contributed by atoms with van der Waals surface area (Å²) in [5.41, 5.74) is 0.946. The van der Waals surface area contributed by atoms with Crippen molar-refractivity contribution in [3.8, 4) is 17.1 Å². The zero-order chi connectivity index (χ0) is 18.4. The fourth-order valence-electron chi connectivity index (χ4n) is 2.88. The maximum Gasteiger partial charge on any atom is 0.191 e. The van der Waals surface area contributed by atoms with E-state index >= 15 is 0 Å². The van der Waals surface area contributed by atoms with E-state index in [4.69, 9.17) is 4.74 Å². The molecule has 3 rings (SSSR count). The van der Waals surface area contributed by atoms with Crippen molar-refractivity contribution < 1.29 is 4.74 Å². The number of H-pyrrole nitrogens is 1. The van der Waals surface area contributed by atoms with Crippen LogP contribution in [0.4, 0.5) is 0 Å². The largest absolute Gasteiger partial charge is 0.497 e. The molecule has 1 unspecified atom stereocenters. The topological polar surface area (TPSA) is 87.2 Å². The molecule has 2 aromatic rings. The molecule has 1 fully saturated rings. The van der Waals surface area contributed by atoms with Gasteiger partial charge in [0.15, 0.2) is 11.8 Å². The van der Waals surface area contributed by atoms with Crippen molar-refractivity contribution >= 4 is 41.7 Å². The third-order valence-electron chi connectivity index (χ3n) is 4.46. The Morgan fingerprint density at radius 2 is 2.11 bits per heavy atom. The Bertz CT molecular complexity index is 743. The number of nitrogens with one attached hydrogen (secondary N) is 3. The maximum absolute atomic E-state index is 5.17. The van der Waals surface area contributed by atoms with Gasteiger partial charge < -0.3 is 15.4 Å². The number of aliphatic imine (C=N–C) groups is 1. The summed E-state index contributed by atoms with van der Waals surface area (Å²) in [6.45, 7) is 3.75. The lowest BCUT2D eigenvalue weighted by Gasteiger charge is -2.24. The molecule has 1 atom stereocenters. The molecule has 1 aromatic heterocycles. The van der Waals surface area contributed by atoms with E-state index in [0.717, 1.165) is 29.6 Å². The number of thioether (sulfide) groups is 1. The van der Waals surface area contributed by atoms with E-state index in [0.29, 0.717) is 17.1 Å². The minimum atomic E-state index is 0. The molecular formula is C18H27IN6OS. The third kappa shape index (κ3) is 6.00. The Balaban J connectivity index is 0.00000261. The Labute approximate surface area is 181 Å². The lowest BCUT2D eigenvalue weighted by atomic mass is 10.1. The van der Waals surface area contributed by atoms with Crippen LogP contribution in [0.15, 0.2) is 29.3 Å². The molecule has 3 N–H and O–H groups in total. The molecule has 1 saturated heterocycles. The highest BCUT2D eigenvalue weighted by atomic mass is 127. The van der Waals surface area contributed by atoms with Crippen LogP contribution in [0.2, 0.25) is 0 Å². The van der Waals surface area contributed by atoms with E-state index in [1.165, 1.54) is 18.6 Å². The van der Waals surface area contributed by atoms with E-state index in [-0.39, 0.29) is 24.0 Å². The van der Waals surface area contributed by atoms with Gasteiger partial charge in [0.25, 0.3) is 0 Å². The quantitative estimate of drug-likeness (QED) is 0.320. The van der Waals surface area contributed by atoms with Gasteiger partial charge in [0.1, 0.15) is 11.6 Å². The summed E-state index contributed by atoms with van der Waals surface area (Å²) >= 11 is 2.03. The van der Waals surface area contributed by atoms with Crippen molar-refractivity contribution in [1.82, 2.24) is 25.8 Å². The van der Waals surface area contributed by atoms with Crippen molar-refractivity contribution in [1.29, 1.82) is 0 Å². The molecule has 9 heteroatoms. The van der Waals surface area contributed by atoms with Crippen molar-refractivity contribution in [3.05, 3.63) is 30.1 Å². The van der Waals surface area contributed by atoms with Crippen LogP contribution in [0.1, 0.15) is 25.6 Å². The minimum absolute atomic E-state index is 0. The van der Waals surface area contributed by atoms with Gasteiger partial charge in [0, 0.05) is 23.9 Å². The van der Waals surface area contributed by atoms with Crippen molar-refractivity contribution in [2.24, 2.45) is 4.99 Å². The monoisotopic (exact) mass is 502 g/mol. The minimum Gasteiger partial charge on any atom is -0.497 e. The second-order valence-electron chi connectivity index (χ2n) is 6.52. The molecule has 0 aliphatic carbocycles. The number of ether oxygens (including phenoxy) is 1. The van der Waals surface area contributed by atoms with Crippen LogP contribution in [-0.2, 0) is 6.54 Å². The van der Waals surface area contributed by atoms with Gasteiger partial charge in [-0.05, 0) is 49.8 Å². The van der Waals surface area contributed by atoms with Crippen LogP contribution in [0.5, 0.6) is 5.75 Å².